The molecular weight excluding hydrogens is 859 g/mol. The van der Waals surface area contributed by atoms with Crippen molar-refractivity contribution in [2.75, 3.05) is 12.5 Å². The van der Waals surface area contributed by atoms with Gasteiger partial charge in [-0.1, -0.05) is 30.6 Å². The summed E-state index contributed by atoms with van der Waals surface area (Å²) in [5, 5.41) is 4.26. The molecule has 0 aliphatic carbocycles. The molecular formula is C33H35BCl3F2IN6O2S2. The lowest BCUT2D eigenvalue weighted by Gasteiger charge is -2.32. The number of aromatic nitrogens is 6. The largest absolute Gasteiger partial charge is 0.495 e. The maximum absolute atomic E-state index is 13.7. The third-order valence-corrected chi connectivity index (χ3v) is 9.59. The van der Waals surface area contributed by atoms with E-state index in [2.05, 4.69) is 29.9 Å². The molecule has 50 heavy (non-hydrogen) atoms. The number of fused-ring (bicyclic) bond motifs is 2. The van der Waals surface area contributed by atoms with Gasteiger partial charge in [-0.15, -0.1) is 47.5 Å². The van der Waals surface area contributed by atoms with Crippen LogP contribution < -0.4 is 5.46 Å². The van der Waals surface area contributed by atoms with Gasteiger partial charge < -0.3 is 19.3 Å². The molecule has 266 valence electrons. The van der Waals surface area contributed by atoms with Crippen molar-refractivity contribution >= 4 is 117 Å². The third kappa shape index (κ3) is 9.82. The first kappa shape index (κ1) is 42.2. The minimum Gasteiger partial charge on any atom is -0.399 e. The fraction of sp³-hybridized carbons (Fsp3) is 0.273. The number of thioether (sulfide) groups is 2. The average molecular weight is 894 g/mol. The zero-order valence-corrected chi connectivity index (χ0v) is 33.3. The molecule has 0 unspecified atom stereocenters. The summed E-state index contributed by atoms with van der Waals surface area (Å²) in [7, 11) is -0.543. The molecule has 0 atom stereocenters. The Morgan fingerprint density at radius 1 is 0.700 bits per heavy atom. The Labute approximate surface area is 330 Å². The van der Waals surface area contributed by atoms with Crippen LogP contribution in [0.4, 0.5) is 8.78 Å². The van der Waals surface area contributed by atoms with E-state index in [1.807, 2.05) is 52.3 Å². The molecule has 1 fully saturated rings. The van der Waals surface area contributed by atoms with Gasteiger partial charge in [0.25, 0.3) is 0 Å². The quantitative estimate of drug-likeness (QED) is 0.0593. The lowest BCUT2D eigenvalue weighted by atomic mass is 9.77. The fourth-order valence-corrected chi connectivity index (χ4v) is 6.32. The molecule has 7 rings (SSSR count). The molecule has 0 bridgehead atoms. The van der Waals surface area contributed by atoms with Gasteiger partial charge in [-0.25, -0.2) is 28.7 Å². The molecule has 1 aliphatic heterocycles. The van der Waals surface area contributed by atoms with Crippen molar-refractivity contribution in [2.45, 2.75) is 56.4 Å². The summed E-state index contributed by atoms with van der Waals surface area (Å²) in [6, 6.07) is 13.0. The Bertz CT molecular complexity index is 2050. The van der Waals surface area contributed by atoms with E-state index in [1.165, 1.54) is 47.8 Å². The number of H-pyrrole nitrogens is 2. The van der Waals surface area contributed by atoms with Gasteiger partial charge in [-0.05, 0) is 99.1 Å². The van der Waals surface area contributed by atoms with Gasteiger partial charge in [-0.2, -0.15) is 0 Å². The van der Waals surface area contributed by atoms with Crippen molar-refractivity contribution < 1.29 is 18.1 Å². The molecule has 4 aromatic heterocycles. The molecule has 1 aliphatic rings. The third-order valence-electron chi connectivity index (χ3n) is 7.78. The van der Waals surface area contributed by atoms with E-state index in [9.17, 15) is 8.78 Å². The number of nitrogens with one attached hydrogen (secondary N) is 2. The first-order valence-corrected chi connectivity index (χ1v) is 18.0. The molecule has 1 saturated heterocycles. The second-order valence-electron chi connectivity index (χ2n) is 11.5. The Balaban J connectivity index is 0.000000209. The van der Waals surface area contributed by atoms with Crippen LogP contribution in [0.2, 0.25) is 15.6 Å². The van der Waals surface area contributed by atoms with Crippen molar-refractivity contribution in [3.63, 3.8) is 0 Å². The number of hydrogen-bond donors (Lipinski definition) is 2. The van der Waals surface area contributed by atoms with Crippen LogP contribution in [-0.2, 0) is 9.31 Å². The maximum atomic E-state index is 13.7. The van der Waals surface area contributed by atoms with Crippen LogP contribution >= 0.6 is 82.3 Å². The van der Waals surface area contributed by atoms with Crippen LogP contribution in [0.15, 0.2) is 71.0 Å². The van der Waals surface area contributed by atoms with E-state index >= 15 is 0 Å². The van der Waals surface area contributed by atoms with Crippen LogP contribution in [0, 0.1) is 11.6 Å². The summed E-state index contributed by atoms with van der Waals surface area (Å²) in [6.45, 7) is 7.95. The second-order valence-corrected chi connectivity index (χ2v) is 14.2. The highest BCUT2D eigenvalue weighted by Crippen LogP contribution is 2.37. The van der Waals surface area contributed by atoms with E-state index in [0.29, 0.717) is 27.2 Å². The number of aromatic amines is 2. The predicted octanol–water partition coefficient (Wildman–Crippen LogP) is 10.5. The van der Waals surface area contributed by atoms with Gasteiger partial charge in [0.05, 0.1) is 11.2 Å². The zero-order valence-electron chi connectivity index (χ0n) is 27.1. The summed E-state index contributed by atoms with van der Waals surface area (Å²) in [5.74, 6) is -0.195. The van der Waals surface area contributed by atoms with E-state index in [4.69, 9.17) is 44.1 Å². The van der Waals surface area contributed by atoms with Crippen LogP contribution in [0.5, 0.6) is 0 Å². The molecule has 17 heteroatoms. The molecule has 6 aromatic rings. The van der Waals surface area contributed by atoms with Crippen molar-refractivity contribution in [1.82, 2.24) is 29.9 Å². The van der Waals surface area contributed by atoms with Crippen molar-refractivity contribution in [3.8, 4) is 11.4 Å². The monoisotopic (exact) mass is 892 g/mol. The van der Waals surface area contributed by atoms with Gasteiger partial charge in [0.15, 0.2) is 5.82 Å². The molecule has 5 heterocycles. The lowest BCUT2D eigenvalue weighted by Crippen LogP contribution is -2.41. The second kappa shape index (κ2) is 17.6. The number of benzene rings is 2. The summed E-state index contributed by atoms with van der Waals surface area (Å²) in [5.41, 5.74) is 1.98. The highest BCUT2D eigenvalue weighted by molar-refractivity contribution is 14.0. The van der Waals surface area contributed by atoms with Gasteiger partial charge in [-0.3, -0.25) is 0 Å². The first-order valence-electron chi connectivity index (χ1n) is 14.4. The van der Waals surface area contributed by atoms with E-state index in [-0.39, 0.29) is 48.3 Å². The Kier molecular flexibility index (Phi) is 14.8. The van der Waals surface area contributed by atoms with Gasteiger partial charge >= 0.3 is 7.12 Å². The minimum absolute atomic E-state index is 0. The normalized spacial score (nSPS) is 14.3. The van der Waals surface area contributed by atoms with Crippen molar-refractivity contribution in [1.29, 1.82) is 0 Å². The highest BCUT2D eigenvalue weighted by atomic mass is 127. The molecule has 2 aromatic carbocycles. The summed E-state index contributed by atoms with van der Waals surface area (Å²) < 4.78 is 39.3. The van der Waals surface area contributed by atoms with Crippen molar-refractivity contribution in [2.24, 2.45) is 0 Å². The first-order chi connectivity index (χ1) is 22.7. The number of halogens is 6. The maximum Gasteiger partial charge on any atom is 0.495 e. The van der Waals surface area contributed by atoms with Gasteiger partial charge in [0.1, 0.15) is 32.0 Å². The topological polar surface area (TPSA) is 102 Å². The van der Waals surface area contributed by atoms with Gasteiger partial charge in [0, 0.05) is 46.5 Å². The Hall–Kier alpha value is -2.18. The van der Waals surface area contributed by atoms with Gasteiger partial charge in [0.2, 0.25) is 5.28 Å². The summed E-state index contributed by atoms with van der Waals surface area (Å²) in [4.78, 5) is 22.1. The van der Waals surface area contributed by atoms with Crippen LogP contribution in [0.25, 0.3) is 33.2 Å². The number of hydrogen-bond acceptors (Lipinski definition) is 8. The van der Waals surface area contributed by atoms with E-state index < -0.39 is 18.3 Å². The van der Waals surface area contributed by atoms with Crippen LogP contribution in [0.1, 0.15) is 35.1 Å². The van der Waals surface area contributed by atoms with E-state index in [1.54, 1.807) is 24.5 Å². The smallest absolute Gasteiger partial charge is 0.399 e. The number of nitrogens with zero attached hydrogens (tertiary/aromatic N) is 4. The summed E-state index contributed by atoms with van der Waals surface area (Å²) in [6.07, 6.45) is 7.35. The predicted molar refractivity (Wildman–Crippen MR) is 216 cm³/mol. The minimum atomic E-state index is -0.543. The average Bonchev–Trinajstić information content (AvgIpc) is 3.73. The molecule has 0 amide bonds. The molecule has 2 N–H and O–H groups in total. The Morgan fingerprint density at radius 2 is 1.20 bits per heavy atom. The summed E-state index contributed by atoms with van der Waals surface area (Å²) >= 11 is 20.0. The lowest BCUT2D eigenvalue weighted by molar-refractivity contribution is 0.00578. The van der Waals surface area contributed by atoms with Crippen molar-refractivity contribution in [3.05, 3.63) is 88.1 Å². The Morgan fingerprint density at radius 3 is 1.76 bits per heavy atom. The fourth-order valence-electron chi connectivity index (χ4n) is 4.74. The molecule has 0 saturated carbocycles. The molecule has 8 nitrogen and oxygen atoms in total. The van der Waals surface area contributed by atoms with Crippen LogP contribution in [-0.4, -0.2) is 60.7 Å². The molecule has 0 radical (unpaired) electrons. The van der Waals surface area contributed by atoms with E-state index in [0.717, 1.165) is 31.8 Å². The SMILES string of the molecule is C.CC1(C)OB(c2cc(F)cc3[nH]ccc23)OC1(C)C.CSc1cc(Cl)nc(-c2cc(F)cc3[nH]ccc23)n1.CSc1cc(Cl)nc(Cl)n1.I. The zero-order chi connectivity index (χ0) is 34.8. The molecule has 0 spiro atoms. The highest BCUT2D eigenvalue weighted by Gasteiger charge is 2.52. The number of rotatable bonds is 4. The van der Waals surface area contributed by atoms with Crippen LogP contribution in [0.3, 0.4) is 0 Å². The standard InChI is InChI=1S/C14H17BFNO2.C13H9ClFN3S.C5H4Cl2N2S.CH4.HI/c1-13(2)14(3,4)19-15(18-13)11-7-9(16)8-12-10(11)5-6-17-12;1-19-12-6-11(14)17-13(18-12)9-4-7(15)5-10-8(9)2-3-16-10;1-10-4-2-3(6)8-5(7)9-4;;/h5-8,17H,1-4H3;2-6,16H,1H3;2H,1H3;1H4;1H.